The number of piperazine rings is 1. The van der Waals surface area contributed by atoms with E-state index in [9.17, 15) is 19.7 Å². The summed E-state index contributed by atoms with van der Waals surface area (Å²) in [5, 5.41) is 15.7. The molecule has 1 amide bonds. The zero-order chi connectivity index (χ0) is 22.8. The van der Waals surface area contributed by atoms with Gasteiger partial charge in [-0.15, -0.1) is 0 Å². The molecular formula is C23H23N5O4. The van der Waals surface area contributed by atoms with Gasteiger partial charge in [0, 0.05) is 49.7 Å². The molecule has 1 aromatic heterocycles. The molecule has 0 radical (unpaired) electrons. The number of anilines is 1. The van der Waals surface area contributed by atoms with Crippen LogP contribution >= 0.6 is 0 Å². The second kappa shape index (κ2) is 8.62. The number of rotatable bonds is 4. The van der Waals surface area contributed by atoms with Crippen molar-refractivity contribution in [3.63, 3.8) is 0 Å². The molecule has 2 aromatic carbocycles. The van der Waals surface area contributed by atoms with Gasteiger partial charge in [0.1, 0.15) is 5.69 Å². The molecule has 9 heteroatoms. The van der Waals surface area contributed by atoms with Crippen LogP contribution in [0.15, 0.2) is 59.4 Å². The first kappa shape index (κ1) is 21.2. The standard InChI is InChI=1S/C23H23N5O4/c1-16-6-5-7-18(14-16)25-10-12-26(13-11-25)23(30)22-21(29)15-17(2)27(24-22)19-8-3-4-9-20(19)28(31)32/h3-9,14-15H,10-13H2,1-2H3. The maximum atomic E-state index is 13.1. The summed E-state index contributed by atoms with van der Waals surface area (Å²) in [6.45, 7) is 5.84. The molecule has 1 aliphatic heterocycles. The first-order valence-corrected chi connectivity index (χ1v) is 10.3. The molecule has 0 atom stereocenters. The Morgan fingerprint density at radius 1 is 1.00 bits per heavy atom. The highest BCUT2D eigenvalue weighted by Gasteiger charge is 2.27. The molecule has 9 nitrogen and oxygen atoms in total. The molecule has 0 N–H and O–H groups in total. The molecule has 0 unspecified atom stereocenters. The lowest BCUT2D eigenvalue weighted by molar-refractivity contribution is -0.384. The Hall–Kier alpha value is -4.01. The Labute approximate surface area is 184 Å². The van der Waals surface area contributed by atoms with Crippen molar-refractivity contribution >= 4 is 17.3 Å². The minimum atomic E-state index is -0.513. The van der Waals surface area contributed by atoms with Gasteiger partial charge in [0.2, 0.25) is 5.43 Å². The second-order valence-corrected chi connectivity index (χ2v) is 7.77. The zero-order valence-corrected chi connectivity index (χ0v) is 17.9. The van der Waals surface area contributed by atoms with Crippen LogP contribution in [0.4, 0.5) is 11.4 Å². The predicted octanol–water partition coefficient (Wildman–Crippen LogP) is 2.72. The first-order valence-electron chi connectivity index (χ1n) is 10.3. The van der Waals surface area contributed by atoms with Gasteiger partial charge in [0.05, 0.1) is 4.92 Å². The lowest BCUT2D eigenvalue weighted by atomic mass is 10.2. The zero-order valence-electron chi connectivity index (χ0n) is 17.9. The molecule has 0 aliphatic carbocycles. The number of nitrogens with zero attached hydrogens (tertiary/aromatic N) is 5. The van der Waals surface area contributed by atoms with Gasteiger partial charge in [-0.3, -0.25) is 19.7 Å². The largest absolute Gasteiger partial charge is 0.368 e. The molecule has 3 aromatic rings. The molecule has 0 bridgehead atoms. The monoisotopic (exact) mass is 433 g/mol. The number of aromatic nitrogens is 2. The van der Waals surface area contributed by atoms with Crippen LogP contribution in [0.25, 0.3) is 5.69 Å². The molecule has 0 saturated carbocycles. The average molecular weight is 433 g/mol. The minimum absolute atomic E-state index is 0.156. The third kappa shape index (κ3) is 4.09. The fraction of sp³-hybridized carbons (Fsp3) is 0.261. The van der Waals surface area contributed by atoms with Crippen LogP contribution in [0.1, 0.15) is 21.7 Å². The van der Waals surface area contributed by atoms with E-state index in [1.165, 1.54) is 28.4 Å². The Kier molecular flexibility index (Phi) is 5.72. The predicted molar refractivity (Wildman–Crippen MR) is 121 cm³/mol. The van der Waals surface area contributed by atoms with Gasteiger partial charge in [-0.2, -0.15) is 5.10 Å². The lowest BCUT2D eigenvalue weighted by Gasteiger charge is -2.36. The smallest absolute Gasteiger partial charge is 0.294 e. The van der Waals surface area contributed by atoms with Crippen molar-refractivity contribution in [1.29, 1.82) is 0 Å². The van der Waals surface area contributed by atoms with E-state index < -0.39 is 16.3 Å². The van der Waals surface area contributed by atoms with E-state index in [0.29, 0.717) is 31.9 Å². The van der Waals surface area contributed by atoms with Crippen LogP contribution < -0.4 is 10.3 Å². The summed E-state index contributed by atoms with van der Waals surface area (Å²) in [5.41, 5.74) is 1.99. The molecule has 4 rings (SSSR count). The molecule has 0 spiro atoms. The van der Waals surface area contributed by atoms with Crippen molar-refractivity contribution < 1.29 is 9.72 Å². The number of nitro benzene ring substituents is 1. The number of amides is 1. The maximum absolute atomic E-state index is 13.1. The SMILES string of the molecule is Cc1cccc(N2CCN(C(=O)c3nn(-c4ccccc4[N+](=O)[O-])c(C)cc3=O)CC2)c1. The highest BCUT2D eigenvalue weighted by Crippen LogP contribution is 2.23. The summed E-state index contributed by atoms with van der Waals surface area (Å²) >= 11 is 0. The fourth-order valence-corrected chi connectivity index (χ4v) is 3.88. The van der Waals surface area contributed by atoms with Crippen molar-refractivity contribution in [3.05, 3.63) is 91.9 Å². The number of aryl methyl sites for hydroxylation is 2. The summed E-state index contributed by atoms with van der Waals surface area (Å²) in [6, 6.07) is 15.6. The van der Waals surface area contributed by atoms with E-state index in [1.54, 1.807) is 24.0 Å². The number of carbonyl (C=O) groups excluding carboxylic acids is 1. The highest BCUT2D eigenvalue weighted by atomic mass is 16.6. The van der Waals surface area contributed by atoms with E-state index in [2.05, 4.69) is 16.1 Å². The Morgan fingerprint density at radius 3 is 2.41 bits per heavy atom. The summed E-state index contributed by atoms with van der Waals surface area (Å²) in [7, 11) is 0. The Bertz CT molecular complexity index is 1250. The molecule has 1 aliphatic rings. The van der Waals surface area contributed by atoms with Crippen LogP contribution in [0.3, 0.4) is 0 Å². The van der Waals surface area contributed by atoms with Gasteiger partial charge in [0.15, 0.2) is 5.69 Å². The Balaban J connectivity index is 1.60. The topological polar surface area (TPSA) is 102 Å². The molecule has 1 fully saturated rings. The molecule has 164 valence electrons. The second-order valence-electron chi connectivity index (χ2n) is 7.77. The third-order valence-corrected chi connectivity index (χ3v) is 5.55. The number of carbonyl (C=O) groups is 1. The van der Waals surface area contributed by atoms with Crippen molar-refractivity contribution in [2.24, 2.45) is 0 Å². The molecule has 32 heavy (non-hydrogen) atoms. The lowest BCUT2D eigenvalue weighted by Crippen LogP contribution is -2.50. The fourth-order valence-electron chi connectivity index (χ4n) is 3.88. The van der Waals surface area contributed by atoms with Gasteiger partial charge in [-0.25, -0.2) is 4.68 Å². The molecule has 1 saturated heterocycles. The van der Waals surface area contributed by atoms with Gasteiger partial charge in [-0.05, 0) is 37.6 Å². The van der Waals surface area contributed by atoms with E-state index >= 15 is 0 Å². The summed E-state index contributed by atoms with van der Waals surface area (Å²) in [6.07, 6.45) is 0. The third-order valence-electron chi connectivity index (χ3n) is 5.55. The van der Waals surface area contributed by atoms with Gasteiger partial charge in [0.25, 0.3) is 11.6 Å². The van der Waals surface area contributed by atoms with E-state index in [4.69, 9.17) is 0 Å². The number of hydrogen-bond donors (Lipinski definition) is 0. The van der Waals surface area contributed by atoms with Crippen LogP contribution in [0.5, 0.6) is 0 Å². The van der Waals surface area contributed by atoms with Crippen LogP contribution in [0, 0.1) is 24.0 Å². The first-order chi connectivity index (χ1) is 15.3. The number of hydrogen-bond acceptors (Lipinski definition) is 6. The Morgan fingerprint density at radius 2 is 1.72 bits per heavy atom. The van der Waals surface area contributed by atoms with Crippen molar-refractivity contribution in [1.82, 2.24) is 14.7 Å². The van der Waals surface area contributed by atoms with Crippen LogP contribution in [-0.4, -0.2) is 51.7 Å². The highest BCUT2D eigenvalue weighted by molar-refractivity contribution is 5.92. The number of benzene rings is 2. The number of nitro groups is 1. The quantitative estimate of drug-likeness (QED) is 0.463. The van der Waals surface area contributed by atoms with E-state index in [1.807, 2.05) is 25.1 Å². The summed E-state index contributed by atoms with van der Waals surface area (Å²) in [5.74, 6) is -0.466. The summed E-state index contributed by atoms with van der Waals surface area (Å²) in [4.78, 5) is 40.4. The average Bonchev–Trinajstić information content (AvgIpc) is 2.79. The molecular weight excluding hydrogens is 410 g/mol. The normalized spacial score (nSPS) is 13.8. The van der Waals surface area contributed by atoms with E-state index in [0.717, 1.165) is 5.69 Å². The summed E-state index contributed by atoms with van der Waals surface area (Å²) < 4.78 is 1.29. The van der Waals surface area contributed by atoms with Crippen molar-refractivity contribution in [3.8, 4) is 5.69 Å². The van der Waals surface area contributed by atoms with Crippen LogP contribution in [-0.2, 0) is 0 Å². The molecule has 2 heterocycles. The maximum Gasteiger partial charge on any atom is 0.294 e. The minimum Gasteiger partial charge on any atom is -0.368 e. The van der Waals surface area contributed by atoms with Crippen molar-refractivity contribution in [2.45, 2.75) is 13.8 Å². The van der Waals surface area contributed by atoms with Crippen molar-refractivity contribution in [2.75, 3.05) is 31.1 Å². The van der Waals surface area contributed by atoms with Crippen LogP contribution in [0.2, 0.25) is 0 Å². The van der Waals surface area contributed by atoms with Gasteiger partial charge >= 0.3 is 0 Å². The van der Waals surface area contributed by atoms with Gasteiger partial charge < -0.3 is 9.80 Å². The van der Waals surface area contributed by atoms with E-state index in [-0.39, 0.29) is 17.1 Å². The number of para-hydroxylation sites is 2. The van der Waals surface area contributed by atoms with Gasteiger partial charge in [-0.1, -0.05) is 24.3 Å².